The summed E-state index contributed by atoms with van der Waals surface area (Å²) in [6, 6.07) is 14.7. The van der Waals surface area contributed by atoms with Gasteiger partial charge >= 0.3 is 0 Å². The zero-order valence-electron chi connectivity index (χ0n) is 17.5. The van der Waals surface area contributed by atoms with Crippen molar-refractivity contribution in [2.45, 2.75) is 70.7 Å². The van der Waals surface area contributed by atoms with Crippen molar-refractivity contribution in [1.82, 2.24) is 10.6 Å². The summed E-state index contributed by atoms with van der Waals surface area (Å²) < 4.78 is 11.4. The monoisotopic (exact) mass is 511 g/mol. The van der Waals surface area contributed by atoms with Crippen molar-refractivity contribution in [3.8, 4) is 0 Å². The van der Waals surface area contributed by atoms with Crippen LogP contribution >= 0.6 is 24.0 Å². The van der Waals surface area contributed by atoms with Crippen molar-refractivity contribution in [2.24, 2.45) is 4.99 Å². The molecule has 0 saturated heterocycles. The van der Waals surface area contributed by atoms with Crippen LogP contribution in [0, 0.1) is 0 Å². The number of benzene rings is 1. The molecule has 160 valence electrons. The minimum atomic E-state index is 0. The summed E-state index contributed by atoms with van der Waals surface area (Å²) in [6.45, 7) is 5.69. The summed E-state index contributed by atoms with van der Waals surface area (Å²) in [5, 5.41) is 7.10. The molecule has 1 fully saturated rings. The summed E-state index contributed by atoms with van der Waals surface area (Å²) in [4.78, 5) is 4.81. The number of guanidine groups is 1. The lowest BCUT2D eigenvalue weighted by molar-refractivity contribution is -0.0152. The van der Waals surface area contributed by atoms with Gasteiger partial charge < -0.3 is 19.8 Å². The SMILES string of the molecule is CC(C)OC1CCC(NC(=NCc2ccccc2)NCCc2ccco2)CC1.I. The second-order valence-electron chi connectivity index (χ2n) is 7.71. The lowest BCUT2D eigenvalue weighted by Gasteiger charge is -2.31. The summed E-state index contributed by atoms with van der Waals surface area (Å²) in [7, 11) is 0. The van der Waals surface area contributed by atoms with Gasteiger partial charge in [-0.2, -0.15) is 0 Å². The zero-order chi connectivity index (χ0) is 19.6. The molecule has 3 rings (SSSR count). The summed E-state index contributed by atoms with van der Waals surface area (Å²) in [5.74, 6) is 1.87. The van der Waals surface area contributed by atoms with E-state index in [4.69, 9.17) is 14.1 Å². The molecule has 2 aromatic rings. The molecular formula is C23H34IN3O2. The lowest BCUT2D eigenvalue weighted by atomic mass is 9.93. The van der Waals surface area contributed by atoms with E-state index in [0.717, 1.165) is 50.4 Å². The van der Waals surface area contributed by atoms with Gasteiger partial charge in [0.25, 0.3) is 0 Å². The van der Waals surface area contributed by atoms with Gasteiger partial charge in [0.1, 0.15) is 5.76 Å². The van der Waals surface area contributed by atoms with Crippen LogP contribution in [0.15, 0.2) is 58.1 Å². The molecule has 29 heavy (non-hydrogen) atoms. The molecule has 6 heteroatoms. The fourth-order valence-corrected chi connectivity index (χ4v) is 3.59. The Balaban J connectivity index is 0.00000300. The third-order valence-corrected chi connectivity index (χ3v) is 4.99. The third kappa shape index (κ3) is 8.78. The quantitative estimate of drug-likeness (QED) is 0.301. The van der Waals surface area contributed by atoms with Crippen molar-refractivity contribution in [1.29, 1.82) is 0 Å². The molecule has 0 radical (unpaired) electrons. The fraction of sp³-hybridized carbons (Fsp3) is 0.522. The molecule has 0 unspecified atom stereocenters. The van der Waals surface area contributed by atoms with Gasteiger partial charge in [-0.05, 0) is 57.2 Å². The van der Waals surface area contributed by atoms with E-state index >= 15 is 0 Å². The molecule has 0 spiro atoms. The van der Waals surface area contributed by atoms with E-state index in [9.17, 15) is 0 Å². The molecule has 0 aliphatic heterocycles. The Hall–Kier alpha value is -1.54. The first-order chi connectivity index (χ1) is 13.7. The van der Waals surface area contributed by atoms with Gasteiger partial charge in [-0.1, -0.05) is 30.3 Å². The Labute approximate surface area is 191 Å². The first kappa shape index (κ1) is 23.7. The highest BCUT2D eigenvalue weighted by Crippen LogP contribution is 2.22. The molecule has 1 aliphatic carbocycles. The summed E-state index contributed by atoms with van der Waals surface area (Å²) in [6.07, 6.45) is 7.70. The predicted molar refractivity (Wildman–Crippen MR) is 129 cm³/mol. The Morgan fingerprint density at radius 1 is 1.10 bits per heavy atom. The van der Waals surface area contributed by atoms with Gasteiger partial charge in [-0.3, -0.25) is 0 Å². The maximum atomic E-state index is 5.97. The molecule has 1 heterocycles. The van der Waals surface area contributed by atoms with Crippen molar-refractivity contribution < 1.29 is 9.15 Å². The number of nitrogens with one attached hydrogen (secondary N) is 2. The average molecular weight is 511 g/mol. The smallest absolute Gasteiger partial charge is 0.191 e. The Morgan fingerprint density at radius 2 is 1.86 bits per heavy atom. The van der Waals surface area contributed by atoms with Gasteiger partial charge in [0.15, 0.2) is 5.96 Å². The molecule has 1 aromatic heterocycles. The van der Waals surface area contributed by atoms with Crippen LogP contribution in [0.1, 0.15) is 50.9 Å². The Morgan fingerprint density at radius 3 is 2.52 bits per heavy atom. The third-order valence-electron chi connectivity index (χ3n) is 4.99. The normalized spacial score (nSPS) is 19.6. The van der Waals surface area contributed by atoms with Gasteiger partial charge in [-0.25, -0.2) is 4.99 Å². The number of hydrogen-bond acceptors (Lipinski definition) is 3. The molecule has 0 atom stereocenters. The Kier molecular flexibility index (Phi) is 10.6. The van der Waals surface area contributed by atoms with Crippen LogP contribution < -0.4 is 10.6 Å². The number of rotatable bonds is 8. The van der Waals surface area contributed by atoms with Crippen LogP contribution in [-0.4, -0.2) is 30.8 Å². The minimum absolute atomic E-state index is 0. The topological polar surface area (TPSA) is 58.8 Å². The predicted octanol–water partition coefficient (Wildman–Crippen LogP) is 4.91. The molecule has 0 amide bonds. The van der Waals surface area contributed by atoms with E-state index in [2.05, 4.69) is 48.7 Å². The highest BCUT2D eigenvalue weighted by Gasteiger charge is 2.23. The van der Waals surface area contributed by atoms with Crippen molar-refractivity contribution >= 4 is 29.9 Å². The van der Waals surface area contributed by atoms with Crippen LogP contribution in [0.2, 0.25) is 0 Å². The highest BCUT2D eigenvalue weighted by atomic mass is 127. The van der Waals surface area contributed by atoms with Crippen molar-refractivity contribution in [3.63, 3.8) is 0 Å². The fourth-order valence-electron chi connectivity index (χ4n) is 3.59. The molecule has 1 aromatic carbocycles. The molecule has 1 saturated carbocycles. The molecule has 1 aliphatic rings. The second kappa shape index (κ2) is 12.9. The molecule has 2 N–H and O–H groups in total. The summed E-state index contributed by atoms with van der Waals surface area (Å²) in [5.41, 5.74) is 1.21. The second-order valence-corrected chi connectivity index (χ2v) is 7.71. The van der Waals surface area contributed by atoms with Crippen molar-refractivity contribution in [2.75, 3.05) is 6.54 Å². The van der Waals surface area contributed by atoms with Crippen LogP contribution in [0.3, 0.4) is 0 Å². The summed E-state index contributed by atoms with van der Waals surface area (Å²) >= 11 is 0. The van der Waals surface area contributed by atoms with Crippen LogP contribution in [0.4, 0.5) is 0 Å². The van der Waals surface area contributed by atoms with Crippen LogP contribution in [0.25, 0.3) is 0 Å². The number of hydrogen-bond donors (Lipinski definition) is 2. The van der Waals surface area contributed by atoms with Gasteiger partial charge in [0.05, 0.1) is 25.0 Å². The number of ether oxygens (including phenoxy) is 1. The molecular weight excluding hydrogens is 477 g/mol. The maximum Gasteiger partial charge on any atom is 0.191 e. The maximum absolute atomic E-state index is 5.97. The van der Waals surface area contributed by atoms with Crippen LogP contribution in [-0.2, 0) is 17.7 Å². The van der Waals surface area contributed by atoms with E-state index in [1.165, 1.54) is 5.56 Å². The standard InChI is InChI=1S/C23H33N3O2.HI/c1-18(2)28-22-12-10-20(11-13-22)26-23(24-15-14-21-9-6-16-27-21)25-17-19-7-4-3-5-8-19;/h3-9,16,18,20,22H,10-15,17H2,1-2H3,(H2,24,25,26);1H. The largest absolute Gasteiger partial charge is 0.469 e. The zero-order valence-corrected chi connectivity index (χ0v) is 19.8. The molecule has 0 bridgehead atoms. The minimum Gasteiger partial charge on any atom is -0.469 e. The van der Waals surface area contributed by atoms with Gasteiger partial charge in [0.2, 0.25) is 0 Å². The number of furan rings is 1. The van der Waals surface area contributed by atoms with E-state index < -0.39 is 0 Å². The Bertz CT molecular complexity index is 696. The number of halogens is 1. The lowest BCUT2D eigenvalue weighted by Crippen LogP contribution is -2.46. The first-order valence-electron chi connectivity index (χ1n) is 10.5. The van der Waals surface area contributed by atoms with E-state index in [-0.39, 0.29) is 24.0 Å². The first-order valence-corrected chi connectivity index (χ1v) is 10.5. The highest BCUT2D eigenvalue weighted by molar-refractivity contribution is 14.0. The van der Waals surface area contributed by atoms with Gasteiger partial charge in [0, 0.05) is 19.0 Å². The average Bonchev–Trinajstić information content (AvgIpc) is 3.21. The van der Waals surface area contributed by atoms with Gasteiger partial charge in [-0.15, -0.1) is 24.0 Å². The van der Waals surface area contributed by atoms with Crippen LogP contribution in [0.5, 0.6) is 0 Å². The number of nitrogens with zero attached hydrogens (tertiary/aromatic N) is 1. The number of aliphatic imine (C=N–C) groups is 1. The van der Waals surface area contributed by atoms with E-state index in [1.54, 1.807) is 6.26 Å². The van der Waals surface area contributed by atoms with E-state index in [0.29, 0.717) is 24.8 Å². The van der Waals surface area contributed by atoms with E-state index in [1.807, 2.05) is 18.2 Å². The van der Waals surface area contributed by atoms with Crippen molar-refractivity contribution in [3.05, 3.63) is 60.1 Å². The molecule has 5 nitrogen and oxygen atoms in total.